The molecule has 5 heteroatoms. The molecule has 1 aromatic carbocycles. The maximum Gasteiger partial charge on any atom is 0.176 e. The van der Waals surface area contributed by atoms with Crippen LogP contribution < -0.4 is 4.74 Å². The predicted octanol–water partition coefficient (Wildman–Crippen LogP) is 2.80. The highest BCUT2D eigenvalue weighted by Crippen LogP contribution is 2.25. The molecule has 0 heterocycles. The van der Waals surface area contributed by atoms with E-state index in [0.29, 0.717) is 22.9 Å². The first kappa shape index (κ1) is 18.0. The monoisotopic (exact) mass is 312 g/mol. The Morgan fingerprint density at radius 2 is 2.00 bits per heavy atom. The third kappa shape index (κ3) is 6.04. The summed E-state index contributed by atoms with van der Waals surface area (Å²) in [5, 5.41) is 0.471. The number of carbonyl (C=O) groups is 1. The molecule has 0 radical (unpaired) electrons. The highest BCUT2D eigenvalue weighted by Gasteiger charge is 2.13. The fourth-order valence-corrected chi connectivity index (χ4v) is 2.35. The van der Waals surface area contributed by atoms with Crippen molar-refractivity contribution in [1.29, 1.82) is 0 Å². The largest absolute Gasteiger partial charge is 0.495 e. The number of Topliss-reactive ketones (excluding diaryl/α,β-unsaturated/α-hetero) is 1. The van der Waals surface area contributed by atoms with Crippen molar-refractivity contribution in [2.75, 3.05) is 47.4 Å². The van der Waals surface area contributed by atoms with E-state index < -0.39 is 0 Å². The number of carbonyl (C=O) groups excluding carboxylic acids is 1. The van der Waals surface area contributed by atoms with Gasteiger partial charge in [0.2, 0.25) is 0 Å². The Bertz CT molecular complexity index is 464. The van der Waals surface area contributed by atoms with Crippen molar-refractivity contribution in [1.82, 2.24) is 9.80 Å². The van der Waals surface area contributed by atoms with Crippen LogP contribution in [0.25, 0.3) is 0 Å². The highest BCUT2D eigenvalue weighted by atomic mass is 35.5. The van der Waals surface area contributed by atoms with Crippen LogP contribution >= 0.6 is 11.6 Å². The van der Waals surface area contributed by atoms with Crippen LogP contribution in [0.4, 0.5) is 0 Å². The second-order valence-electron chi connectivity index (χ2n) is 5.30. The van der Waals surface area contributed by atoms with Crippen molar-refractivity contribution in [3.05, 3.63) is 28.8 Å². The normalized spacial score (nSPS) is 11.2. The van der Waals surface area contributed by atoms with E-state index in [1.165, 1.54) is 0 Å². The van der Waals surface area contributed by atoms with Gasteiger partial charge in [0.15, 0.2) is 5.78 Å². The topological polar surface area (TPSA) is 32.8 Å². The molecular weight excluding hydrogens is 288 g/mol. The van der Waals surface area contributed by atoms with Crippen molar-refractivity contribution in [2.45, 2.75) is 13.3 Å². The summed E-state index contributed by atoms with van der Waals surface area (Å²) in [6.45, 7) is 5.31. The van der Waals surface area contributed by atoms with E-state index in [1.807, 2.05) is 0 Å². The second kappa shape index (κ2) is 9.03. The lowest BCUT2D eigenvalue weighted by atomic mass is 10.1. The molecule has 0 aliphatic heterocycles. The third-order valence-electron chi connectivity index (χ3n) is 3.37. The van der Waals surface area contributed by atoms with E-state index in [4.69, 9.17) is 16.3 Å². The summed E-state index contributed by atoms with van der Waals surface area (Å²) >= 11 is 6.07. The van der Waals surface area contributed by atoms with Gasteiger partial charge in [-0.3, -0.25) is 9.69 Å². The smallest absolute Gasteiger partial charge is 0.176 e. The molecule has 0 fully saturated rings. The zero-order valence-corrected chi connectivity index (χ0v) is 14.1. The van der Waals surface area contributed by atoms with Crippen molar-refractivity contribution < 1.29 is 9.53 Å². The molecule has 1 rings (SSSR count). The van der Waals surface area contributed by atoms with Gasteiger partial charge in [-0.1, -0.05) is 18.5 Å². The number of halogens is 1. The molecule has 0 N–H and O–H groups in total. The van der Waals surface area contributed by atoms with E-state index in [2.05, 4.69) is 30.8 Å². The first-order chi connectivity index (χ1) is 9.97. The van der Waals surface area contributed by atoms with Crippen LogP contribution in [-0.2, 0) is 0 Å². The van der Waals surface area contributed by atoms with Crippen LogP contribution in [-0.4, -0.2) is 63.0 Å². The van der Waals surface area contributed by atoms with Crippen LogP contribution in [0.5, 0.6) is 5.75 Å². The first-order valence-electron chi connectivity index (χ1n) is 7.21. The molecule has 0 aliphatic rings. The summed E-state index contributed by atoms with van der Waals surface area (Å²) in [6.07, 6.45) is 1.05. The summed E-state index contributed by atoms with van der Waals surface area (Å²) in [4.78, 5) is 16.6. The van der Waals surface area contributed by atoms with Crippen LogP contribution in [0, 0.1) is 0 Å². The number of hydrogen-bond donors (Lipinski definition) is 0. The van der Waals surface area contributed by atoms with Gasteiger partial charge >= 0.3 is 0 Å². The van der Waals surface area contributed by atoms with Gasteiger partial charge in [-0.05, 0) is 58.3 Å². The predicted molar refractivity (Wildman–Crippen MR) is 87.6 cm³/mol. The molecule has 21 heavy (non-hydrogen) atoms. The van der Waals surface area contributed by atoms with Crippen LogP contribution in [0.2, 0.25) is 5.02 Å². The molecular formula is C16H25ClN2O2. The first-order valence-corrected chi connectivity index (χ1v) is 7.59. The van der Waals surface area contributed by atoms with Gasteiger partial charge in [0, 0.05) is 5.56 Å². The minimum atomic E-state index is 0.0891. The average molecular weight is 313 g/mol. The number of benzene rings is 1. The van der Waals surface area contributed by atoms with E-state index in [1.54, 1.807) is 25.3 Å². The number of methoxy groups -OCH3 is 1. The molecule has 0 atom stereocenters. The third-order valence-corrected chi connectivity index (χ3v) is 3.66. The molecule has 0 saturated heterocycles. The number of nitrogens with zero attached hydrogens (tertiary/aromatic N) is 2. The molecule has 0 saturated carbocycles. The Kier molecular flexibility index (Phi) is 7.72. The average Bonchev–Trinajstić information content (AvgIpc) is 2.45. The quantitative estimate of drug-likeness (QED) is 0.656. The van der Waals surface area contributed by atoms with Gasteiger partial charge in [0.25, 0.3) is 0 Å². The van der Waals surface area contributed by atoms with Gasteiger partial charge in [0.05, 0.1) is 18.7 Å². The van der Waals surface area contributed by atoms with Gasteiger partial charge in [-0.2, -0.15) is 0 Å². The number of likely N-dealkylation sites (N-methyl/N-ethyl adjacent to an activating group) is 1. The fourth-order valence-electron chi connectivity index (χ4n) is 2.09. The number of ether oxygens (including phenoxy) is 1. The van der Waals surface area contributed by atoms with Crippen molar-refractivity contribution in [3.63, 3.8) is 0 Å². The maximum absolute atomic E-state index is 12.3. The van der Waals surface area contributed by atoms with Gasteiger partial charge in [-0.15, -0.1) is 0 Å². The molecule has 0 bridgehead atoms. The molecule has 0 aliphatic carbocycles. The standard InChI is InChI=1S/C16H25ClN2O2/c1-5-19(10-6-9-18(2)3)12-15(20)13-7-8-16(21-4)14(17)11-13/h7-8,11H,5-6,9-10,12H2,1-4H3. The van der Waals surface area contributed by atoms with Crippen LogP contribution in [0.1, 0.15) is 23.7 Å². The summed E-state index contributed by atoms with van der Waals surface area (Å²) in [5.41, 5.74) is 0.631. The van der Waals surface area contributed by atoms with Gasteiger partial charge < -0.3 is 9.64 Å². The van der Waals surface area contributed by atoms with E-state index in [9.17, 15) is 4.79 Å². The Morgan fingerprint density at radius 3 is 2.52 bits per heavy atom. The number of hydrogen-bond acceptors (Lipinski definition) is 4. The molecule has 118 valence electrons. The molecule has 0 unspecified atom stereocenters. The lowest BCUT2D eigenvalue weighted by Gasteiger charge is -2.20. The Morgan fingerprint density at radius 1 is 1.29 bits per heavy atom. The van der Waals surface area contributed by atoms with Gasteiger partial charge in [-0.25, -0.2) is 0 Å². The van der Waals surface area contributed by atoms with Crippen molar-refractivity contribution in [3.8, 4) is 5.75 Å². The van der Waals surface area contributed by atoms with Crippen molar-refractivity contribution >= 4 is 17.4 Å². The van der Waals surface area contributed by atoms with E-state index in [0.717, 1.165) is 26.1 Å². The number of ketones is 1. The minimum absolute atomic E-state index is 0.0891. The lowest BCUT2D eigenvalue weighted by Crippen LogP contribution is -2.32. The summed E-state index contributed by atoms with van der Waals surface area (Å²) in [5.74, 6) is 0.679. The molecule has 4 nitrogen and oxygen atoms in total. The van der Waals surface area contributed by atoms with E-state index in [-0.39, 0.29) is 5.78 Å². The molecule has 0 amide bonds. The minimum Gasteiger partial charge on any atom is -0.495 e. The second-order valence-corrected chi connectivity index (χ2v) is 5.71. The Labute approximate surface area is 132 Å². The molecule has 0 aromatic heterocycles. The van der Waals surface area contributed by atoms with Crippen LogP contribution in [0.15, 0.2) is 18.2 Å². The lowest BCUT2D eigenvalue weighted by molar-refractivity contribution is 0.0931. The zero-order chi connectivity index (χ0) is 15.8. The Balaban J connectivity index is 2.59. The highest BCUT2D eigenvalue weighted by molar-refractivity contribution is 6.32. The fraction of sp³-hybridized carbons (Fsp3) is 0.562. The molecule has 0 spiro atoms. The zero-order valence-electron chi connectivity index (χ0n) is 13.4. The SMILES string of the molecule is CCN(CCCN(C)C)CC(=O)c1ccc(OC)c(Cl)c1. The summed E-state index contributed by atoms with van der Waals surface area (Å²) < 4.78 is 5.10. The van der Waals surface area contributed by atoms with Crippen molar-refractivity contribution in [2.24, 2.45) is 0 Å². The summed E-state index contributed by atoms with van der Waals surface area (Å²) in [7, 11) is 5.67. The van der Waals surface area contributed by atoms with E-state index >= 15 is 0 Å². The maximum atomic E-state index is 12.3. The van der Waals surface area contributed by atoms with Crippen LogP contribution in [0.3, 0.4) is 0 Å². The number of rotatable bonds is 9. The molecule has 1 aromatic rings. The Hall–Kier alpha value is -1.10. The van der Waals surface area contributed by atoms with Gasteiger partial charge in [0.1, 0.15) is 5.75 Å². The summed E-state index contributed by atoms with van der Waals surface area (Å²) in [6, 6.07) is 5.18.